The van der Waals surface area contributed by atoms with Crippen molar-refractivity contribution in [2.45, 2.75) is 6.54 Å². The van der Waals surface area contributed by atoms with E-state index in [0.717, 1.165) is 17.1 Å². The summed E-state index contributed by atoms with van der Waals surface area (Å²) < 4.78 is 3.70. The Bertz CT molecular complexity index is 489. The summed E-state index contributed by atoms with van der Waals surface area (Å²) in [6, 6.07) is 9.82. The minimum absolute atomic E-state index is 0.0745. The predicted octanol–water partition coefficient (Wildman–Crippen LogP) is 2.42. The van der Waals surface area contributed by atoms with Crippen LogP contribution in [0.5, 0.6) is 0 Å². The number of nitrogens with zero attached hydrogens (tertiary/aromatic N) is 3. The lowest BCUT2D eigenvalue weighted by Crippen LogP contribution is -2.31. The minimum Gasteiger partial charge on any atom is -0.332 e. The third kappa shape index (κ3) is 3.27. The zero-order valence-corrected chi connectivity index (χ0v) is 11.2. The van der Waals surface area contributed by atoms with Gasteiger partial charge in [0, 0.05) is 19.0 Å². The maximum Gasteiger partial charge on any atom is 0.267 e. The zero-order chi connectivity index (χ0) is 12.8. The topological polar surface area (TPSA) is 46.1 Å². The molecule has 1 amide bonds. The average molecular weight is 282 g/mol. The van der Waals surface area contributed by atoms with Gasteiger partial charge in [0.25, 0.3) is 5.91 Å². The summed E-state index contributed by atoms with van der Waals surface area (Å²) in [6.45, 7) is 1.05. The Balaban J connectivity index is 2.11. The van der Waals surface area contributed by atoms with Gasteiger partial charge in [0.2, 0.25) is 0 Å². The SMILES string of the molecule is O=C(c1cnns1)N(CCCl)Cc1ccccc1. The van der Waals surface area contributed by atoms with Crippen LogP contribution in [0.2, 0.25) is 0 Å². The highest BCUT2D eigenvalue weighted by molar-refractivity contribution is 7.07. The Morgan fingerprint density at radius 3 is 2.72 bits per heavy atom. The fourth-order valence-electron chi connectivity index (χ4n) is 1.58. The maximum atomic E-state index is 12.2. The van der Waals surface area contributed by atoms with E-state index in [1.165, 1.54) is 6.20 Å². The molecule has 1 aromatic heterocycles. The molecule has 0 saturated heterocycles. The number of benzene rings is 1. The first-order valence-corrected chi connectivity index (χ1v) is 6.78. The van der Waals surface area contributed by atoms with Gasteiger partial charge in [0.15, 0.2) is 0 Å². The first-order chi connectivity index (χ1) is 8.81. The molecular weight excluding hydrogens is 270 g/mol. The lowest BCUT2D eigenvalue weighted by molar-refractivity contribution is 0.0758. The quantitative estimate of drug-likeness (QED) is 0.791. The molecule has 0 radical (unpaired) electrons. The molecule has 0 saturated carbocycles. The number of carbonyl (C=O) groups excluding carboxylic acids is 1. The normalized spacial score (nSPS) is 10.3. The second-order valence-corrected chi connectivity index (χ2v) is 4.85. The fourth-order valence-corrected chi connectivity index (χ4v) is 2.26. The lowest BCUT2D eigenvalue weighted by Gasteiger charge is -2.20. The molecule has 0 aliphatic heterocycles. The Morgan fingerprint density at radius 1 is 1.33 bits per heavy atom. The number of hydrogen-bond acceptors (Lipinski definition) is 4. The van der Waals surface area contributed by atoms with Crippen LogP contribution in [0.4, 0.5) is 0 Å². The zero-order valence-electron chi connectivity index (χ0n) is 9.62. The van der Waals surface area contributed by atoms with Gasteiger partial charge in [-0.15, -0.1) is 16.7 Å². The van der Waals surface area contributed by atoms with Gasteiger partial charge in [0.1, 0.15) is 4.88 Å². The van der Waals surface area contributed by atoms with Gasteiger partial charge >= 0.3 is 0 Å². The molecule has 1 aromatic carbocycles. The molecule has 0 unspecified atom stereocenters. The van der Waals surface area contributed by atoms with Gasteiger partial charge in [-0.25, -0.2) is 0 Å². The number of carbonyl (C=O) groups is 1. The minimum atomic E-state index is -0.0745. The van der Waals surface area contributed by atoms with Crippen LogP contribution in [-0.4, -0.2) is 32.8 Å². The highest BCUT2D eigenvalue weighted by Gasteiger charge is 2.17. The summed E-state index contributed by atoms with van der Waals surface area (Å²) in [4.78, 5) is 14.4. The van der Waals surface area contributed by atoms with Crippen LogP contribution in [0, 0.1) is 0 Å². The van der Waals surface area contributed by atoms with Crippen molar-refractivity contribution < 1.29 is 4.79 Å². The van der Waals surface area contributed by atoms with Gasteiger partial charge < -0.3 is 4.90 Å². The molecule has 0 aliphatic carbocycles. The summed E-state index contributed by atoms with van der Waals surface area (Å²) in [5.74, 6) is 0.333. The molecule has 0 atom stereocenters. The standard InChI is InChI=1S/C12H12ClN3OS/c13-6-7-16(9-10-4-2-1-3-5-10)12(17)11-8-14-15-18-11/h1-5,8H,6-7,9H2. The molecule has 0 fully saturated rings. The number of aromatic nitrogens is 2. The Morgan fingerprint density at radius 2 is 2.11 bits per heavy atom. The van der Waals surface area contributed by atoms with Gasteiger partial charge in [-0.3, -0.25) is 4.79 Å². The molecule has 0 bridgehead atoms. The van der Waals surface area contributed by atoms with Crippen molar-refractivity contribution in [1.29, 1.82) is 0 Å². The predicted molar refractivity (Wildman–Crippen MR) is 71.8 cm³/mol. The Kier molecular flexibility index (Phi) is 4.66. The third-order valence-electron chi connectivity index (χ3n) is 2.43. The monoisotopic (exact) mass is 281 g/mol. The van der Waals surface area contributed by atoms with Crippen molar-refractivity contribution in [1.82, 2.24) is 14.5 Å². The Hall–Kier alpha value is -1.46. The van der Waals surface area contributed by atoms with Gasteiger partial charge in [0.05, 0.1) is 6.20 Å². The van der Waals surface area contributed by atoms with Gasteiger partial charge in [-0.05, 0) is 17.1 Å². The molecule has 2 rings (SSSR count). The number of alkyl halides is 1. The van der Waals surface area contributed by atoms with E-state index in [2.05, 4.69) is 9.59 Å². The van der Waals surface area contributed by atoms with E-state index in [9.17, 15) is 4.79 Å². The van der Waals surface area contributed by atoms with E-state index in [1.807, 2.05) is 30.3 Å². The molecule has 94 valence electrons. The summed E-state index contributed by atoms with van der Waals surface area (Å²) in [5.41, 5.74) is 1.08. The molecule has 4 nitrogen and oxygen atoms in total. The Labute approximate surface area is 114 Å². The van der Waals surface area contributed by atoms with Crippen LogP contribution in [0.1, 0.15) is 15.2 Å². The first-order valence-electron chi connectivity index (χ1n) is 5.48. The van der Waals surface area contributed by atoms with E-state index in [4.69, 9.17) is 11.6 Å². The van der Waals surface area contributed by atoms with Crippen LogP contribution in [-0.2, 0) is 6.54 Å². The summed E-state index contributed by atoms with van der Waals surface area (Å²) >= 11 is 6.85. The van der Waals surface area contributed by atoms with Gasteiger partial charge in [-0.1, -0.05) is 34.8 Å². The molecular formula is C12H12ClN3OS. The van der Waals surface area contributed by atoms with Crippen molar-refractivity contribution >= 4 is 29.0 Å². The fraction of sp³-hybridized carbons (Fsp3) is 0.250. The first kappa shape index (κ1) is 13.0. The van der Waals surface area contributed by atoms with Crippen molar-refractivity contribution in [2.75, 3.05) is 12.4 Å². The summed E-state index contributed by atoms with van der Waals surface area (Å²) in [6.07, 6.45) is 1.49. The highest BCUT2D eigenvalue weighted by Crippen LogP contribution is 2.11. The van der Waals surface area contributed by atoms with Crippen molar-refractivity contribution in [2.24, 2.45) is 0 Å². The average Bonchev–Trinajstić information content (AvgIpc) is 2.92. The lowest BCUT2D eigenvalue weighted by atomic mass is 10.2. The van der Waals surface area contributed by atoms with Crippen LogP contribution in [0.3, 0.4) is 0 Å². The van der Waals surface area contributed by atoms with Crippen LogP contribution < -0.4 is 0 Å². The van der Waals surface area contributed by atoms with Crippen LogP contribution in [0.15, 0.2) is 36.5 Å². The highest BCUT2D eigenvalue weighted by atomic mass is 35.5. The van der Waals surface area contributed by atoms with E-state index in [0.29, 0.717) is 23.8 Å². The van der Waals surface area contributed by atoms with Crippen LogP contribution in [0.25, 0.3) is 0 Å². The van der Waals surface area contributed by atoms with E-state index >= 15 is 0 Å². The number of halogens is 1. The van der Waals surface area contributed by atoms with Crippen molar-refractivity contribution in [3.8, 4) is 0 Å². The third-order valence-corrected chi connectivity index (χ3v) is 3.25. The molecule has 18 heavy (non-hydrogen) atoms. The van der Waals surface area contributed by atoms with Crippen molar-refractivity contribution in [3.63, 3.8) is 0 Å². The number of hydrogen-bond donors (Lipinski definition) is 0. The smallest absolute Gasteiger partial charge is 0.267 e. The maximum absolute atomic E-state index is 12.2. The number of rotatable bonds is 5. The summed E-state index contributed by atoms with van der Waals surface area (Å²) in [7, 11) is 0. The second kappa shape index (κ2) is 6.47. The largest absolute Gasteiger partial charge is 0.332 e. The van der Waals surface area contributed by atoms with Gasteiger partial charge in [-0.2, -0.15) is 0 Å². The van der Waals surface area contributed by atoms with E-state index < -0.39 is 0 Å². The molecule has 1 heterocycles. The second-order valence-electron chi connectivity index (χ2n) is 3.68. The molecule has 0 spiro atoms. The molecule has 0 N–H and O–H groups in total. The van der Waals surface area contributed by atoms with Crippen molar-refractivity contribution in [3.05, 3.63) is 47.0 Å². The number of amides is 1. The molecule has 0 aliphatic rings. The summed E-state index contributed by atoms with van der Waals surface area (Å²) in [5, 5.41) is 3.68. The molecule has 6 heteroatoms. The van der Waals surface area contributed by atoms with Crippen LogP contribution >= 0.6 is 23.1 Å². The van der Waals surface area contributed by atoms with E-state index in [-0.39, 0.29) is 5.91 Å². The molecule has 2 aromatic rings. The van der Waals surface area contributed by atoms with E-state index in [1.54, 1.807) is 4.90 Å².